The van der Waals surface area contributed by atoms with Crippen molar-refractivity contribution in [3.8, 4) is 11.4 Å². The summed E-state index contributed by atoms with van der Waals surface area (Å²) >= 11 is 1.61. The molecule has 7 heteroatoms. The fraction of sp³-hybridized carbons (Fsp3) is 0.286. The highest BCUT2D eigenvalue weighted by molar-refractivity contribution is 7.10. The highest BCUT2D eigenvalue weighted by atomic mass is 32.1. The molecule has 5 rings (SSSR count). The maximum absolute atomic E-state index is 13.3. The number of nitrogens with zero attached hydrogens (tertiary/aromatic N) is 3. The monoisotopic (exact) mass is 394 g/mol. The molecule has 28 heavy (non-hydrogen) atoms. The van der Waals surface area contributed by atoms with Crippen LogP contribution < -0.4 is 5.32 Å². The first kappa shape index (κ1) is 17.3. The molecular formula is C21H19FN4OS. The Morgan fingerprint density at radius 2 is 2.00 bits per heavy atom. The van der Waals surface area contributed by atoms with Gasteiger partial charge in [0.15, 0.2) is 11.6 Å². The van der Waals surface area contributed by atoms with Crippen LogP contribution in [0.3, 0.4) is 0 Å². The second kappa shape index (κ2) is 6.10. The van der Waals surface area contributed by atoms with Crippen LogP contribution in [0.1, 0.15) is 37.6 Å². The van der Waals surface area contributed by atoms with Gasteiger partial charge < -0.3 is 5.32 Å². The molecule has 0 bridgehead atoms. The second-order valence-corrected chi connectivity index (χ2v) is 9.07. The topological polar surface area (TPSA) is 59.8 Å². The molecule has 2 aromatic heterocycles. The highest BCUT2D eigenvalue weighted by Crippen LogP contribution is 2.46. The van der Waals surface area contributed by atoms with Crippen molar-refractivity contribution in [1.29, 1.82) is 0 Å². The first-order valence-corrected chi connectivity index (χ1v) is 10.1. The predicted molar refractivity (Wildman–Crippen MR) is 107 cm³/mol. The van der Waals surface area contributed by atoms with Gasteiger partial charge in [-0.3, -0.25) is 4.79 Å². The van der Waals surface area contributed by atoms with Crippen molar-refractivity contribution in [1.82, 2.24) is 14.8 Å². The lowest BCUT2D eigenvalue weighted by molar-refractivity contribution is -0.118. The molecule has 3 aromatic rings. The normalized spacial score (nSPS) is 20.5. The van der Waals surface area contributed by atoms with Gasteiger partial charge in [-0.15, -0.1) is 16.4 Å². The minimum absolute atomic E-state index is 0.0924. The summed E-state index contributed by atoms with van der Waals surface area (Å²) in [6.07, 6.45) is 1.30. The number of fused-ring (bicyclic) bond motifs is 1. The van der Waals surface area contributed by atoms with Crippen molar-refractivity contribution >= 4 is 23.1 Å². The van der Waals surface area contributed by atoms with E-state index >= 15 is 0 Å². The van der Waals surface area contributed by atoms with E-state index in [1.807, 2.05) is 17.5 Å². The van der Waals surface area contributed by atoms with E-state index < -0.39 is 0 Å². The molecule has 5 nitrogen and oxygen atoms in total. The summed E-state index contributed by atoms with van der Waals surface area (Å²) < 4.78 is 15.1. The Labute approximate surface area is 165 Å². The number of carbonyl (C=O) groups is 1. The number of thiophene rings is 1. The van der Waals surface area contributed by atoms with Crippen molar-refractivity contribution < 1.29 is 9.18 Å². The van der Waals surface area contributed by atoms with Gasteiger partial charge >= 0.3 is 0 Å². The number of hydrogen-bond acceptors (Lipinski definition) is 5. The smallest absolute Gasteiger partial charge is 0.226 e. The van der Waals surface area contributed by atoms with Gasteiger partial charge in [0, 0.05) is 28.1 Å². The Morgan fingerprint density at radius 3 is 2.71 bits per heavy atom. The number of allylic oxidation sites excluding steroid dienone is 2. The average molecular weight is 394 g/mol. The summed E-state index contributed by atoms with van der Waals surface area (Å²) in [5, 5.41) is 10.1. The van der Waals surface area contributed by atoms with Crippen molar-refractivity contribution in [2.24, 2.45) is 5.41 Å². The lowest BCUT2D eigenvalue weighted by Gasteiger charge is -2.37. The van der Waals surface area contributed by atoms with Crippen LogP contribution in [0.25, 0.3) is 11.4 Å². The van der Waals surface area contributed by atoms with Crippen molar-refractivity contribution in [3.05, 3.63) is 63.7 Å². The van der Waals surface area contributed by atoms with Crippen LogP contribution in [-0.2, 0) is 4.79 Å². The standard InChI is InChI=1S/C21H19FN4OS/c1-21(2)10-14-17(15(27)11-21)18(16-4-3-9-28-16)26-20(23-14)24-19(25-26)12-5-7-13(22)8-6-12/h3-9,18H,10-11H2,1-2H3,(H,23,24,25). The fourth-order valence-corrected chi connectivity index (χ4v) is 4.86. The van der Waals surface area contributed by atoms with Gasteiger partial charge in [0.25, 0.3) is 0 Å². The third-order valence-corrected chi connectivity index (χ3v) is 6.17. The molecule has 0 radical (unpaired) electrons. The minimum Gasteiger partial charge on any atom is -0.328 e. The highest BCUT2D eigenvalue weighted by Gasteiger charge is 2.42. The van der Waals surface area contributed by atoms with Gasteiger partial charge in [-0.2, -0.15) is 4.98 Å². The van der Waals surface area contributed by atoms with E-state index in [0.29, 0.717) is 18.2 Å². The van der Waals surface area contributed by atoms with E-state index in [2.05, 4.69) is 24.1 Å². The molecule has 1 aromatic carbocycles. The van der Waals surface area contributed by atoms with Crippen LogP contribution in [0.2, 0.25) is 0 Å². The van der Waals surface area contributed by atoms with Crippen LogP contribution in [0.15, 0.2) is 53.0 Å². The zero-order valence-corrected chi connectivity index (χ0v) is 16.4. The van der Waals surface area contributed by atoms with Crippen molar-refractivity contribution in [2.75, 3.05) is 5.32 Å². The minimum atomic E-state index is -0.299. The van der Waals surface area contributed by atoms with Gasteiger partial charge in [0.05, 0.1) is 0 Å². The summed E-state index contributed by atoms with van der Waals surface area (Å²) in [6, 6.07) is 9.86. The van der Waals surface area contributed by atoms with Gasteiger partial charge in [0.1, 0.15) is 11.9 Å². The molecule has 142 valence electrons. The van der Waals surface area contributed by atoms with Gasteiger partial charge in [0.2, 0.25) is 5.95 Å². The number of hydrogen-bond donors (Lipinski definition) is 1. The molecule has 0 fully saturated rings. The number of ketones is 1. The molecule has 3 heterocycles. The van der Waals surface area contributed by atoms with E-state index in [-0.39, 0.29) is 23.1 Å². The van der Waals surface area contributed by atoms with Crippen molar-refractivity contribution in [2.45, 2.75) is 32.7 Å². The molecule has 0 spiro atoms. The first-order valence-electron chi connectivity index (χ1n) is 9.20. The second-order valence-electron chi connectivity index (χ2n) is 8.09. The summed E-state index contributed by atoms with van der Waals surface area (Å²) in [4.78, 5) is 18.8. The Kier molecular flexibility index (Phi) is 3.77. The lowest BCUT2D eigenvalue weighted by atomic mass is 9.73. The number of Topliss-reactive ketones (excluding diaryl/α,β-unsaturated/α-hetero) is 1. The quantitative estimate of drug-likeness (QED) is 0.678. The number of carbonyl (C=O) groups excluding carboxylic acids is 1. The summed E-state index contributed by atoms with van der Waals surface area (Å²) in [7, 11) is 0. The predicted octanol–water partition coefficient (Wildman–Crippen LogP) is 4.80. The Morgan fingerprint density at radius 1 is 1.21 bits per heavy atom. The largest absolute Gasteiger partial charge is 0.328 e. The number of benzene rings is 1. The third-order valence-electron chi connectivity index (χ3n) is 5.25. The van der Waals surface area contributed by atoms with E-state index in [4.69, 9.17) is 5.10 Å². The third kappa shape index (κ3) is 2.77. The fourth-order valence-electron chi connectivity index (χ4n) is 4.04. The zero-order valence-electron chi connectivity index (χ0n) is 15.6. The number of aromatic nitrogens is 3. The van der Waals surface area contributed by atoms with Crippen LogP contribution in [0, 0.1) is 11.2 Å². The molecule has 1 aliphatic carbocycles. The molecule has 1 unspecified atom stereocenters. The number of halogens is 1. The zero-order chi connectivity index (χ0) is 19.5. The van der Waals surface area contributed by atoms with Crippen LogP contribution >= 0.6 is 11.3 Å². The molecule has 1 N–H and O–H groups in total. The van der Waals surface area contributed by atoms with Crippen LogP contribution in [0.4, 0.5) is 10.3 Å². The molecule has 1 atom stereocenters. The van der Waals surface area contributed by atoms with Gasteiger partial charge in [-0.05, 0) is 47.5 Å². The lowest BCUT2D eigenvalue weighted by Crippen LogP contribution is -2.36. The van der Waals surface area contributed by atoms with Crippen LogP contribution in [0.5, 0.6) is 0 Å². The van der Waals surface area contributed by atoms with E-state index in [1.165, 1.54) is 12.1 Å². The number of nitrogens with one attached hydrogen (secondary N) is 1. The molecule has 0 saturated heterocycles. The van der Waals surface area contributed by atoms with E-state index in [9.17, 15) is 9.18 Å². The summed E-state index contributed by atoms with van der Waals surface area (Å²) in [5.74, 6) is 0.978. The Bertz CT molecular complexity index is 1100. The van der Waals surface area contributed by atoms with Gasteiger partial charge in [-0.1, -0.05) is 19.9 Å². The first-order chi connectivity index (χ1) is 13.4. The molecular weight excluding hydrogens is 375 g/mol. The molecule has 0 amide bonds. The Hall–Kier alpha value is -2.80. The number of anilines is 1. The van der Waals surface area contributed by atoms with Crippen LogP contribution in [-0.4, -0.2) is 20.5 Å². The molecule has 1 aliphatic heterocycles. The number of rotatable bonds is 2. The maximum Gasteiger partial charge on any atom is 0.226 e. The molecule has 2 aliphatic rings. The maximum atomic E-state index is 13.3. The Balaban J connectivity index is 1.66. The average Bonchev–Trinajstić information content (AvgIpc) is 3.29. The van der Waals surface area contributed by atoms with E-state index in [1.54, 1.807) is 28.2 Å². The van der Waals surface area contributed by atoms with Crippen molar-refractivity contribution in [3.63, 3.8) is 0 Å². The summed E-state index contributed by atoms with van der Waals surface area (Å²) in [6.45, 7) is 4.22. The molecule has 0 saturated carbocycles. The summed E-state index contributed by atoms with van der Waals surface area (Å²) in [5.41, 5.74) is 2.36. The SMILES string of the molecule is CC1(C)CC(=O)C2=C(C1)Nc1nc(-c3ccc(F)cc3)nn1C2c1cccs1. The van der Waals surface area contributed by atoms with E-state index in [0.717, 1.165) is 28.1 Å². The van der Waals surface area contributed by atoms with Gasteiger partial charge in [-0.25, -0.2) is 9.07 Å².